The van der Waals surface area contributed by atoms with Crippen LogP contribution in [0.2, 0.25) is 0 Å². The number of rotatable bonds is 1. The number of fused-ring (bicyclic) bond motifs is 1. The van der Waals surface area contributed by atoms with Gasteiger partial charge in [-0.25, -0.2) is 0 Å². The lowest BCUT2D eigenvalue weighted by Crippen LogP contribution is -2.06. The van der Waals surface area contributed by atoms with Crippen molar-refractivity contribution in [1.29, 1.82) is 0 Å². The maximum atomic E-state index is 4.53. The van der Waals surface area contributed by atoms with Gasteiger partial charge >= 0.3 is 0 Å². The second-order valence-corrected chi connectivity index (χ2v) is 5.12. The van der Waals surface area contributed by atoms with Gasteiger partial charge in [-0.1, -0.05) is 28.1 Å². The highest BCUT2D eigenvalue weighted by Crippen LogP contribution is 2.28. The van der Waals surface area contributed by atoms with Crippen molar-refractivity contribution in [3.8, 4) is 0 Å². The third-order valence-electron chi connectivity index (χ3n) is 2.17. The fraction of sp³-hybridized carbons (Fsp3) is 0.100. The number of benzene rings is 1. The number of halogens is 1. The summed E-state index contributed by atoms with van der Waals surface area (Å²) in [7, 11) is 0. The summed E-state index contributed by atoms with van der Waals surface area (Å²) in [5.41, 5.74) is 1.13. The van der Waals surface area contributed by atoms with Crippen LogP contribution in [0.4, 0.5) is 0 Å². The highest BCUT2D eigenvalue weighted by Gasteiger charge is 2.27. The molecule has 0 saturated carbocycles. The average molecular weight is 280 g/mol. The zero-order valence-corrected chi connectivity index (χ0v) is 9.99. The Balaban J connectivity index is 1.94. The Morgan fingerprint density at radius 1 is 1.20 bits per heavy atom. The van der Waals surface area contributed by atoms with Crippen LogP contribution in [0.15, 0.2) is 43.9 Å². The van der Waals surface area contributed by atoms with Crippen molar-refractivity contribution in [2.75, 3.05) is 0 Å². The van der Waals surface area contributed by atoms with Crippen LogP contribution in [-0.2, 0) is 0 Å². The smallest absolute Gasteiger partial charge is 0.138 e. The van der Waals surface area contributed by atoms with Crippen molar-refractivity contribution in [3.05, 3.63) is 34.3 Å². The molecule has 0 fully saturated rings. The van der Waals surface area contributed by atoms with Gasteiger partial charge in [0.05, 0.1) is 6.21 Å². The first-order valence-electron chi connectivity index (χ1n) is 4.45. The van der Waals surface area contributed by atoms with Gasteiger partial charge in [-0.2, -0.15) is 5.10 Å². The van der Waals surface area contributed by atoms with E-state index < -0.39 is 0 Å². The van der Waals surface area contributed by atoms with E-state index in [-0.39, 0.29) is 6.04 Å². The molecule has 5 heteroatoms. The molecular formula is C10H6BrN3S. The van der Waals surface area contributed by atoms with Crippen LogP contribution in [0.1, 0.15) is 5.56 Å². The molecule has 1 atom stereocenters. The predicted molar refractivity (Wildman–Crippen MR) is 68.0 cm³/mol. The van der Waals surface area contributed by atoms with Gasteiger partial charge in [-0.3, -0.25) is 4.99 Å². The first kappa shape index (κ1) is 9.30. The predicted octanol–water partition coefficient (Wildman–Crippen LogP) is 2.71. The van der Waals surface area contributed by atoms with Gasteiger partial charge in [0.1, 0.15) is 16.1 Å². The quantitative estimate of drug-likeness (QED) is 0.779. The Morgan fingerprint density at radius 3 is 2.73 bits per heavy atom. The van der Waals surface area contributed by atoms with Crippen LogP contribution < -0.4 is 0 Å². The van der Waals surface area contributed by atoms with Crippen LogP contribution in [0.3, 0.4) is 0 Å². The number of hydrogen-bond donors (Lipinski definition) is 0. The van der Waals surface area contributed by atoms with E-state index >= 15 is 0 Å². The molecule has 3 nitrogen and oxygen atoms in total. The molecule has 0 aromatic heterocycles. The third kappa shape index (κ3) is 1.66. The maximum absolute atomic E-state index is 4.53. The molecule has 3 rings (SSSR count). The number of aliphatic imine (C=N–C) groups is 1. The molecule has 0 N–H and O–H groups in total. The number of thioether (sulfide) groups is 1. The van der Waals surface area contributed by atoms with Gasteiger partial charge in [-0.05, 0) is 23.9 Å². The van der Waals surface area contributed by atoms with E-state index in [1.165, 1.54) is 0 Å². The minimum absolute atomic E-state index is 0.0636. The van der Waals surface area contributed by atoms with Gasteiger partial charge < -0.3 is 0 Å². The van der Waals surface area contributed by atoms with E-state index in [1.54, 1.807) is 18.0 Å². The lowest BCUT2D eigenvalue weighted by atomic mass is 10.2. The summed E-state index contributed by atoms with van der Waals surface area (Å²) in [5.74, 6) is 0. The normalized spacial score (nSPS) is 22.6. The summed E-state index contributed by atoms with van der Waals surface area (Å²) < 4.78 is 1.08. The summed E-state index contributed by atoms with van der Waals surface area (Å²) in [6.45, 7) is 0. The van der Waals surface area contributed by atoms with Crippen LogP contribution >= 0.6 is 27.7 Å². The molecule has 1 aromatic rings. The maximum Gasteiger partial charge on any atom is 0.138 e. The van der Waals surface area contributed by atoms with Gasteiger partial charge in [0.15, 0.2) is 0 Å². The Hall–Kier alpha value is -0.940. The first-order chi connectivity index (χ1) is 7.33. The first-order valence-corrected chi connectivity index (χ1v) is 6.06. The Morgan fingerprint density at radius 2 is 2.00 bits per heavy atom. The SMILES string of the molecule is Brc1ccc(C2=N[C@@H]3C=NN=C3S2)cc1. The van der Waals surface area contributed by atoms with E-state index in [1.807, 2.05) is 12.1 Å². The zero-order chi connectivity index (χ0) is 10.3. The van der Waals surface area contributed by atoms with Crippen LogP contribution in [-0.4, -0.2) is 22.3 Å². The highest BCUT2D eigenvalue weighted by molar-refractivity contribution is 9.10. The van der Waals surface area contributed by atoms with Crippen molar-refractivity contribution in [3.63, 3.8) is 0 Å². The summed E-state index contributed by atoms with van der Waals surface area (Å²) >= 11 is 5.01. The second kappa shape index (κ2) is 3.57. The van der Waals surface area contributed by atoms with Crippen molar-refractivity contribution in [2.24, 2.45) is 15.2 Å². The summed E-state index contributed by atoms with van der Waals surface area (Å²) in [4.78, 5) is 4.53. The van der Waals surface area contributed by atoms with Crippen molar-refractivity contribution in [2.45, 2.75) is 6.04 Å². The van der Waals surface area contributed by atoms with Crippen molar-refractivity contribution < 1.29 is 0 Å². The van der Waals surface area contributed by atoms with Gasteiger partial charge in [0.25, 0.3) is 0 Å². The largest absolute Gasteiger partial charge is 0.261 e. The molecule has 0 unspecified atom stereocenters. The fourth-order valence-corrected chi connectivity index (χ4v) is 2.63. The van der Waals surface area contributed by atoms with Gasteiger partial charge in [0.2, 0.25) is 0 Å². The molecule has 0 amide bonds. The van der Waals surface area contributed by atoms with Gasteiger partial charge in [-0.15, -0.1) is 5.10 Å². The molecule has 0 spiro atoms. The molecule has 0 bridgehead atoms. The molecule has 15 heavy (non-hydrogen) atoms. The lowest BCUT2D eigenvalue weighted by molar-refractivity contribution is 1.22. The Bertz CT molecular complexity index is 490. The fourth-order valence-electron chi connectivity index (χ4n) is 1.42. The molecule has 74 valence electrons. The Kier molecular flexibility index (Phi) is 2.21. The summed E-state index contributed by atoms with van der Waals surface area (Å²) in [5, 5.41) is 9.86. The lowest BCUT2D eigenvalue weighted by Gasteiger charge is -1.98. The molecule has 0 radical (unpaired) electrons. The Labute approximate surface area is 99.5 Å². The highest BCUT2D eigenvalue weighted by atomic mass is 79.9. The molecule has 0 saturated heterocycles. The monoisotopic (exact) mass is 279 g/mol. The van der Waals surface area contributed by atoms with Crippen LogP contribution in [0.25, 0.3) is 0 Å². The average Bonchev–Trinajstić information content (AvgIpc) is 2.78. The van der Waals surface area contributed by atoms with E-state index in [0.29, 0.717) is 0 Å². The second-order valence-electron chi connectivity index (χ2n) is 3.19. The molecule has 1 aromatic carbocycles. The van der Waals surface area contributed by atoms with Crippen molar-refractivity contribution in [1.82, 2.24) is 0 Å². The van der Waals surface area contributed by atoms with Crippen LogP contribution in [0, 0.1) is 0 Å². The van der Waals surface area contributed by atoms with Gasteiger partial charge in [0, 0.05) is 10.0 Å². The minimum atomic E-state index is 0.0636. The number of nitrogens with zero attached hydrogens (tertiary/aromatic N) is 3. The van der Waals surface area contributed by atoms with E-state index in [0.717, 1.165) is 20.1 Å². The summed E-state index contributed by atoms with van der Waals surface area (Å²) in [6.07, 6.45) is 1.77. The van der Waals surface area contributed by atoms with E-state index in [2.05, 4.69) is 43.3 Å². The molecule has 2 heterocycles. The molecule has 0 aliphatic carbocycles. The number of hydrogen-bond acceptors (Lipinski definition) is 4. The standard InChI is InChI=1S/C10H6BrN3S/c11-7-3-1-6(2-4-7)9-13-8-5-12-14-10(8)15-9/h1-5,8H/t8-/m1/s1. The third-order valence-corrected chi connectivity index (χ3v) is 3.76. The summed E-state index contributed by atoms with van der Waals surface area (Å²) in [6, 6.07) is 8.20. The van der Waals surface area contributed by atoms with Crippen LogP contribution in [0.5, 0.6) is 0 Å². The molecular weight excluding hydrogens is 274 g/mol. The zero-order valence-electron chi connectivity index (χ0n) is 7.59. The topological polar surface area (TPSA) is 37.1 Å². The van der Waals surface area contributed by atoms with Crippen molar-refractivity contribution >= 4 is 44.0 Å². The molecule has 2 aliphatic rings. The van der Waals surface area contributed by atoms with E-state index in [9.17, 15) is 0 Å². The van der Waals surface area contributed by atoms with E-state index in [4.69, 9.17) is 0 Å². The molecule has 2 aliphatic heterocycles. The minimum Gasteiger partial charge on any atom is -0.261 e.